The molecule has 0 spiro atoms. The Labute approximate surface area is 103 Å². The molecule has 1 radical (unpaired) electrons. The fourth-order valence-electron chi connectivity index (χ4n) is 4.06. The molecule has 0 aliphatic heterocycles. The highest BCUT2D eigenvalue weighted by molar-refractivity contribution is 6.39. The van der Waals surface area contributed by atoms with Crippen molar-refractivity contribution in [3.05, 3.63) is 0 Å². The largest absolute Gasteiger partial charge is 0.118 e. The molecule has 0 saturated heterocycles. The molecular weight excluding hydrogens is 191 g/mol. The van der Waals surface area contributed by atoms with Crippen LogP contribution < -0.4 is 0 Å². The Bertz CT molecular complexity index is 254. The first-order valence-electron chi connectivity index (χ1n) is 7.19. The number of hydrogen-bond donors (Lipinski definition) is 0. The Kier molecular flexibility index (Phi) is 3.18. The molecule has 1 heteroatoms. The van der Waals surface area contributed by atoms with Gasteiger partial charge in [0, 0.05) is 0 Å². The van der Waals surface area contributed by atoms with E-state index >= 15 is 0 Å². The van der Waals surface area contributed by atoms with Crippen molar-refractivity contribution in [1.29, 1.82) is 0 Å². The number of hydrogen-bond acceptors (Lipinski definition) is 0. The van der Waals surface area contributed by atoms with E-state index in [2.05, 4.69) is 48.8 Å². The van der Waals surface area contributed by atoms with E-state index in [0.717, 1.165) is 35.3 Å². The molecule has 3 rings (SSSR count). The summed E-state index contributed by atoms with van der Waals surface area (Å²) in [4.78, 5) is 0. The van der Waals surface area contributed by atoms with Gasteiger partial charge in [0.25, 0.3) is 0 Å². The summed E-state index contributed by atoms with van der Waals surface area (Å²) < 4.78 is 0. The second-order valence-corrected chi connectivity index (χ2v) is 7.41. The van der Waals surface area contributed by atoms with Crippen LogP contribution in [0.3, 0.4) is 0 Å². The van der Waals surface area contributed by atoms with Crippen molar-refractivity contribution in [2.45, 2.75) is 66.0 Å². The summed E-state index contributed by atoms with van der Waals surface area (Å²) in [6.07, 6.45) is 2.97. The van der Waals surface area contributed by atoms with E-state index in [9.17, 15) is 0 Å². The maximum Gasteiger partial charge on any atom is 0.118 e. The normalized spacial score (nSPS) is 42.7. The van der Waals surface area contributed by atoms with Gasteiger partial charge < -0.3 is 0 Å². The van der Waals surface area contributed by atoms with Crippen molar-refractivity contribution in [3.63, 3.8) is 0 Å². The SMILES string of the molecule is CC(C)[C@H](C)[B][C@@H]1C[C@@H]2C[C@H]([C@H]1C)C2(C)C. The van der Waals surface area contributed by atoms with E-state index in [0.29, 0.717) is 5.41 Å². The van der Waals surface area contributed by atoms with Crippen molar-refractivity contribution in [2.24, 2.45) is 29.1 Å². The van der Waals surface area contributed by atoms with E-state index in [4.69, 9.17) is 0 Å². The molecule has 16 heavy (non-hydrogen) atoms. The molecule has 0 heterocycles. The van der Waals surface area contributed by atoms with Crippen molar-refractivity contribution < 1.29 is 0 Å². The van der Waals surface area contributed by atoms with E-state index in [1.165, 1.54) is 12.8 Å². The van der Waals surface area contributed by atoms with E-state index in [-0.39, 0.29) is 0 Å². The van der Waals surface area contributed by atoms with Crippen LogP contribution in [0.2, 0.25) is 11.6 Å². The van der Waals surface area contributed by atoms with Crippen LogP contribution in [0.4, 0.5) is 0 Å². The summed E-state index contributed by atoms with van der Waals surface area (Å²) in [7, 11) is 2.67. The van der Waals surface area contributed by atoms with Gasteiger partial charge in [-0.25, -0.2) is 0 Å². The molecule has 0 aromatic carbocycles. The highest BCUT2D eigenvalue weighted by Gasteiger charge is 2.55. The lowest BCUT2D eigenvalue weighted by molar-refractivity contribution is -0.0987. The number of rotatable bonds is 3. The fraction of sp³-hybridized carbons (Fsp3) is 1.00. The lowest BCUT2D eigenvalue weighted by atomic mass is 9.35. The summed E-state index contributed by atoms with van der Waals surface area (Å²) in [6.45, 7) is 14.6. The average Bonchev–Trinajstić information content (AvgIpc) is 2.19. The minimum absolute atomic E-state index is 0.644. The first-order valence-corrected chi connectivity index (χ1v) is 7.19. The minimum Gasteiger partial charge on any atom is -0.0694 e. The van der Waals surface area contributed by atoms with Crippen LogP contribution in [-0.4, -0.2) is 7.28 Å². The molecule has 91 valence electrons. The molecule has 0 amide bonds. The lowest BCUT2D eigenvalue weighted by Gasteiger charge is -2.62. The third kappa shape index (κ3) is 1.85. The van der Waals surface area contributed by atoms with Crippen LogP contribution in [0.5, 0.6) is 0 Å². The molecule has 0 aromatic rings. The molecule has 5 atom stereocenters. The van der Waals surface area contributed by atoms with Gasteiger partial charge >= 0.3 is 0 Å². The second-order valence-electron chi connectivity index (χ2n) is 7.41. The molecule has 3 fully saturated rings. The van der Waals surface area contributed by atoms with Crippen molar-refractivity contribution in [1.82, 2.24) is 0 Å². The van der Waals surface area contributed by atoms with Crippen LogP contribution in [0, 0.1) is 29.1 Å². The Hall–Kier alpha value is 0.0649. The van der Waals surface area contributed by atoms with Gasteiger partial charge in [-0.05, 0) is 29.6 Å². The predicted octanol–water partition coefficient (Wildman–Crippen LogP) is 4.65. The van der Waals surface area contributed by atoms with Gasteiger partial charge in [-0.2, -0.15) is 0 Å². The zero-order valence-corrected chi connectivity index (χ0v) is 12.0. The van der Waals surface area contributed by atoms with Crippen LogP contribution in [0.15, 0.2) is 0 Å². The summed E-state index contributed by atoms with van der Waals surface area (Å²) >= 11 is 0. The molecule has 0 N–H and O–H groups in total. The highest BCUT2D eigenvalue weighted by atomic mass is 14.6. The van der Waals surface area contributed by atoms with E-state index in [1.807, 2.05) is 0 Å². The van der Waals surface area contributed by atoms with Crippen molar-refractivity contribution >= 4 is 7.28 Å². The van der Waals surface area contributed by atoms with Crippen LogP contribution in [-0.2, 0) is 0 Å². The monoisotopic (exact) mass is 219 g/mol. The predicted molar refractivity (Wildman–Crippen MR) is 72.9 cm³/mol. The number of fused-ring (bicyclic) bond motifs is 2. The zero-order chi connectivity index (χ0) is 12.1. The van der Waals surface area contributed by atoms with Gasteiger partial charge in [-0.3, -0.25) is 0 Å². The Balaban J connectivity index is 1.96. The highest BCUT2D eigenvalue weighted by Crippen LogP contribution is 2.64. The van der Waals surface area contributed by atoms with E-state index < -0.39 is 0 Å². The lowest BCUT2D eigenvalue weighted by Crippen LogP contribution is -2.54. The maximum absolute atomic E-state index is 2.67. The third-order valence-corrected chi connectivity index (χ3v) is 6.02. The van der Waals surface area contributed by atoms with Gasteiger partial charge in [0.2, 0.25) is 0 Å². The van der Waals surface area contributed by atoms with Crippen LogP contribution in [0.25, 0.3) is 0 Å². The molecule has 2 bridgehead atoms. The van der Waals surface area contributed by atoms with Gasteiger partial charge in [0.1, 0.15) is 7.28 Å². The standard InChI is InChI=1S/C15H28B/c1-9(2)11(4)16-14-8-12-7-13(10(14)3)15(12,5)6/h9-14H,7-8H2,1-6H3/t10-,11+,12+,13-,14-/m1/s1. The molecule has 3 aliphatic carbocycles. The third-order valence-electron chi connectivity index (χ3n) is 6.02. The topological polar surface area (TPSA) is 0 Å². The molecule has 0 aromatic heterocycles. The molecule has 0 nitrogen and oxygen atoms in total. The fourth-order valence-corrected chi connectivity index (χ4v) is 4.06. The van der Waals surface area contributed by atoms with Gasteiger partial charge in [0.05, 0.1) is 0 Å². The Morgan fingerprint density at radius 2 is 1.75 bits per heavy atom. The van der Waals surface area contributed by atoms with Crippen LogP contribution >= 0.6 is 0 Å². The van der Waals surface area contributed by atoms with Crippen molar-refractivity contribution in [3.8, 4) is 0 Å². The molecule has 3 aliphatic rings. The van der Waals surface area contributed by atoms with Crippen LogP contribution in [0.1, 0.15) is 54.4 Å². The Morgan fingerprint density at radius 3 is 2.19 bits per heavy atom. The van der Waals surface area contributed by atoms with Crippen molar-refractivity contribution in [2.75, 3.05) is 0 Å². The Morgan fingerprint density at radius 1 is 1.12 bits per heavy atom. The molecule has 0 unspecified atom stereocenters. The summed E-state index contributed by atoms with van der Waals surface area (Å²) in [5.74, 6) is 5.41. The summed E-state index contributed by atoms with van der Waals surface area (Å²) in [5, 5.41) is 0. The van der Waals surface area contributed by atoms with Gasteiger partial charge in [-0.15, -0.1) is 0 Å². The van der Waals surface area contributed by atoms with E-state index in [1.54, 1.807) is 0 Å². The zero-order valence-electron chi connectivity index (χ0n) is 12.0. The van der Waals surface area contributed by atoms with Gasteiger partial charge in [-0.1, -0.05) is 65.5 Å². The van der Waals surface area contributed by atoms with Gasteiger partial charge in [0.15, 0.2) is 0 Å². The maximum atomic E-state index is 2.67. The summed E-state index contributed by atoms with van der Waals surface area (Å²) in [6, 6.07) is 0. The first-order chi connectivity index (χ1) is 7.34. The first kappa shape index (κ1) is 12.5. The minimum atomic E-state index is 0.644. The molecule has 3 saturated carbocycles. The summed E-state index contributed by atoms with van der Waals surface area (Å²) in [5.41, 5.74) is 0.644. The molecular formula is C15H28B. The second kappa shape index (κ2) is 4.07. The average molecular weight is 219 g/mol. The smallest absolute Gasteiger partial charge is 0.0694 e. The quantitative estimate of drug-likeness (QED) is 0.606.